The summed E-state index contributed by atoms with van der Waals surface area (Å²) in [6, 6.07) is 6.90. The van der Waals surface area contributed by atoms with Gasteiger partial charge < -0.3 is 0 Å². The molecule has 3 rings (SSSR count). The molecule has 108 valence electrons. The minimum Gasteiger partial charge on any atom is -0.297 e. The summed E-state index contributed by atoms with van der Waals surface area (Å²) in [4.78, 5) is 25.7. The number of carbonyl (C=O) groups excluding carboxylic acids is 2. The van der Waals surface area contributed by atoms with E-state index >= 15 is 0 Å². The van der Waals surface area contributed by atoms with E-state index in [1.54, 1.807) is 18.2 Å². The number of carbonyl (C=O) groups is 2. The van der Waals surface area contributed by atoms with Gasteiger partial charge in [-0.05, 0) is 32.0 Å². The van der Waals surface area contributed by atoms with Crippen molar-refractivity contribution in [3.63, 3.8) is 0 Å². The molecule has 0 unspecified atom stereocenters. The van der Waals surface area contributed by atoms with Gasteiger partial charge in [0.15, 0.2) is 0 Å². The van der Waals surface area contributed by atoms with Crippen molar-refractivity contribution in [2.75, 3.05) is 4.90 Å². The lowest BCUT2D eigenvalue weighted by Crippen LogP contribution is -2.30. The summed E-state index contributed by atoms with van der Waals surface area (Å²) < 4.78 is 1.82. The maximum Gasteiger partial charge on any atom is 0.299 e. The molecule has 0 aliphatic carbocycles. The highest BCUT2D eigenvalue weighted by Crippen LogP contribution is 2.36. The molecule has 5 nitrogen and oxygen atoms in total. The van der Waals surface area contributed by atoms with Gasteiger partial charge in [0, 0.05) is 6.54 Å². The molecule has 1 aliphatic rings. The van der Waals surface area contributed by atoms with Gasteiger partial charge in [-0.25, -0.2) is 0 Å². The Bertz CT molecular complexity index is 751. The van der Waals surface area contributed by atoms with E-state index in [9.17, 15) is 9.59 Å². The number of fused-ring (bicyclic) bond motifs is 1. The lowest BCUT2D eigenvalue weighted by molar-refractivity contribution is -0.114. The van der Waals surface area contributed by atoms with Gasteiger partial charge in [-0.1, -0.05) is 17.7 Å². The van der Waals surface area contributed by atoms with Crippen molar-refractivity contribution in [1.29, 1.82) is 0 Å². The molecule has 0 N–H and O–H groups in total. The summed E-state index contributed by atoms with van der Waals surface area (Å²) in [5.74, 6) is -1.05. The highest BCUT2D eigenvalue weighted by molar-refractivity contribution is 6.54. The maximum atomic E-state index is 12.2. The second-order valence-electron chi connectivity index (χ2n) is 4.95. The minimum atomic E-state index is -0.542. The predicted octanol–water partition coefficient (Wildman–Crippen LogP) is 2.59. The molecule has 1 aromatic heterocycles. The summed E-state index contributed by atoms with van der Waals surface area (Å²) in [5, 5.41) is 4.76. The molecular formula is C15H14ClN3O2. The first-order valence-electron chi connectivity index (χ1n) is 6.71. The molecule has 0 saturated carbocycles. The Kier molecular flexibility index (Phi) is 3.29. The average molecular weight is 304 g/mol. The smallest absolute Gasteiger partial charge is 0.297 e. The number of halogens is 1. The zero-order valence-corrected chi connectivity index (χ0v) is 12.5. The van der Waals surface area contributed by atoms with Crippen LogP contribution in [-0.2, 0) is 17.9 Å². The van der Waals surface area contributed by atoms with Gasteiger partial charge >= 0.3 is 0 Å². The number of amides is 1. The number of benzene rings is 1. The fraction of sp³-hybridized carbons (Fsp3) is 0.267. The third-order valence-corrected chi connectivity index (χ3v) is 3.85. The molecule has 0 saturated heterocycles. The summed E-state index contributed by atoms with van der Waals surface area (Å²) in [5.41, 5.74) is 2.62. The first-order chi connectivity index (χ1) is 10.0. The molecular weight excluding hydrogens is 290 g/mol. The number of hydrogen-bond donors (Lipinski definition) is 0. The number of nitrogens with zero attached hydrogens (tertiary/aromatic N) is 3. The van der Waals surface area contributed by atoms with E-state index in [1.807, 2.05) is 24.6 Å². The molecule has 0 fully saturated rings. The highest BCUT2D eigenvalue weighted by Gasteiger charge is 2.37. The quantitative estimate of drug-likeness (QED) is 0.819. The lowest BCUT2D eigenvalue weighted by Gasteiger charge is -2.18. The van der Waals surface area contributed by atoms with E-state index in [2.05, 4.69) is 5.10 Å². The van der Waals surface area contributed by atoms with Crippen LogP contribution in [0.3, 0.4) is 0 Å². The fourth-order valence-corrected chi connectivity index (χ4v) is 2.90. The van der Waals surface area contributed by atoms with Gasteiger partial charge in [0.05, 0.1) is 34.2 Å². The van der Waals surface area contributed by atoms with Gasteiger partial charge in [-0.2, -0.15) is 5.10 Å². The van der Waals surface area contributed by atoms with Crippen molar-refractivity contribution < 1.29 is 9.59 Å². The van der Waals surface area contributed by atoms with Crippen molar-refractivity contribution in [3.05, 3.63) is 46.2 Å². The normalized spacial score (nSPS) is 14.0. The van der Waals surface area contributed by atoms with E-state index in [1.165, 1.54) is 4.90 Å². The fourth-order valence-electron chi connectivity index (χ4n) is 2.63. The van der Waals surface area contributed by atoms with Crippen molar-refractivity contribution in [3.8, 4) is 0 Å². The third kappa shape index (κ3) is 2.14. The third-order valence-electron chi connectivity index (χ3n) is 3.55. The molecule has 2 aromatic rings. The Morgan fingerprint density at radius 3 is 2.76 bits per heavy atom. The van der Waals surface area contributed by atoms with Crippen LogP contribution in [0.15, 0.2) is 24.3 Å². The minimum absolute atomic E-state index is 0.288. The Morgan fingerprint density at radius 1 is 1.29 bits per heavy atom. The van der Waals surface area contributed by atoms with E-state index < -0.39 is 11.7 Å². The largest absolute Gasteiger partial charge is 0.299 e. The summed E-state index contributed by atoms with van der Waals surface area (Å²) >= 11 is 6.17. The number of Topliss-reactive ketones (excluding diaryl/α,β-unsaturated/α-hetero) is 1. The SMILES string of the molecule is CCn1nc(C)cc1CN1C(=O)C(=O)c2cccc(Cl)c21. The zero-order chi connectivity index (χ0) is 15.1. The molecule has 1 aromatic carbocycles. The topological polar surface area (TPSA) is 55.2 Å². The van der Waals surface area contributed by atoms with Gasteiger partial charge in [-0.3, -0.25) is 19.2 Å². The molecule has 0 spiro atoms. The Labute approximate surface area is 127 Å². The Hall–Kier alpha value is -2.14. The average Bonchev–Trinajstić information content (AvgIpc) is 2.93. The molecule has 0 atom stereocenters. The molecule has 0 radical (unpaired) electrons. The second kappa shape index (κ2) is 5.00. The second-order valence-corrected chi connectivity index (χ2v) is 5.36. The van der Waals surface area contributed by atoms with E-state index in [4.69, 9.17) is 11.6 Å². The van der Waals surface area contributed by atoms with E-state index in [0.717, 1.165) is 11.4 Å². The van der Waals surface area contributed by atoms with Crippen LogP contribution in [0.4, 0.5) is 5.69 Å². The maximum absolute atomic E-state index is 12.2. The van der Waals surface area contributed by atoms with Crippen LogP contribution >= 0.6 is 11.6 Å². The summed E-state index contributed by atoms with van der Waals surface area (Å²) in [7, 11) is 0. The molecule has 1 amide bonds. The van der Waals surface area contributed by atoms with Gasteiger partial charge in [0.1, 0.15) is 0 Å². The Balaban J connectivity index is 2.04. The van der Waals surface area contributed by atoms with Crippen LogP contribution < -0.4 is 4.90 Å². The van der Waals surface area contributed by atoms with Gasteiger partial charge in [-0.15, -0.1) is 0 Å². The van der Waals surface area contributed by atoms with Crippen molar-refractivity contribution in [1.82, 2.24) is 9.78 Å². The monoisotopic (exact) mass is 303 g/mol. The zero-order valence-electron chi connectivity index (χ0n) is 11.8. The standard InChI is InChI=1S/C15H14ClN3O2/c1-3-19-10(7-9(2)17-19)8-18-13-11(14(20)15(18)21)5-4-6-12(13)16/h4-7H,3,8H2,1-2H3. The van der Waals surface area contributed by atoms with Gasteiger partial charge in [0.25, 0.3) is 11.7 Å². The number of aryl methyl sites for hydroxylation is 2. The van der Waals surface area contributed by atoms with Crippen molar-refractivity contribution in [2.45, 2.75) is 26.9 Å². The number of rotatable bonds is 3. The molecule has 2 heterocycles. The number of anilines is 1. The van der Waals surface area contributed by atoms with Crippen LogP contribution in [-0.4, -0.2) is 21.5 Å². The van der Waals surface area contributed by atoms with E-state index in [0.29, 0.717) is 22.8 Å². The molecule has 6 heteroatoms. The molecule has 21 heavy (non-hydrogen) atoms. The predicted molar refractivity (Wildman–Crippen MR) is 79.6 cm³/mol. The van der Waals surface area contributed by atoms with Crippen molar-refractivity contribution in [2.24, 2.45) is 0 Å². The highest BCUT2D eigenvalue weighted by atomic mass is 35.5. The van der Waals surface area contributed by atoms with Crippen LogP contribution in [0.2, 0.25) is 5.02 Å². The lowest BCUT2D eigenvalue weighted by atomic mass is 10.1. The summed E-state index contributed by atoms with van der Waals surface area (Å²) in [6.45, 7) is 4.87. The van der Waals surface area contributed by atoms with E-state index in [-0.39, 0.29) is 6.54 Å². The van der Waals surface area contributed by atoms with Crippen LogP contribution in [0.25, 0.3) is 0 Å². The number of hydrogen-bond acceptors (Lipinski definition) is 3. The van der Waals surface area contributed by atoms with Crippen LogP contribution in [0.5, 0.6) is 0 Å². The van der Waals surface area contributed by atoms with Crippen LogP contribution in [0.1, 0.15) is 28.7 Å². The molecule has 1 aliphatic heterocycles. The van der Waals surface area contributed by atoms with Crippen LogP contribution in [0, 0.1) is 6.92 Å². The number of para-hydroxylation sites is 1. The number of ketones is 1. The Morgan fingerprint density at radius 2 is 2.05 bits per heavy atom. The van der Waals surface area contributed by atoms with Gasteiger partial charge in [0.2, 0.25) is 0 Å². The first kappa shape index (κ1) is 13.8. The molecule has 0 bridgehead atoms. The summed E-state index contributed by atoms with van der Waals surface area (Å²) in [6.07, 6.45) is 0. The number of aromatic nitrogens is 2. The first-order valence-corrected chi connectivity index (χ1v) is 7.08. The van der Waals surface area contributed by atoms with Crippen molar-refractivity contribution >= 4 is 29.0 Å².